The van der Waals surface area contributed by atoms with E-state index < -0.39 is 0 Å². The minimum absolute atomic E-state index is 0.157. The molecule has 1 unspecified atom stereocenters. The molecule has 0 saturated carbocycles. The van der Waals surface area contributed by atoms with Gasteiger partial charge in [-0.3, -0.25) is 9.79 Å². The van der Waals surface area contributed by atoms with E-state index in [-0.39, 0.29) is 5.91 Å². The number of thioether (sulfide) groups is 1. The van der Waals surface area contributed by atoms with E-state index in [1.54, 1.807) is 7.05 Å². The molecule has 1 amide bonds. The molecular formula is C18H28N4OS. The van der Waals surface area contributed by atoms with Crippen LogP contribution < -0.4 is 10.6 Å². The van der Waals surface area contributed by atoms with Crippen molar-refractivity contribution in [2.45, 2.75) is 36.3 Å². The molecule has 0 spiro atoms. The van der Waals surface area contributed by atoms with Crippen LogP contribution in [0.15, 0.2) is 40.2 Å². The van der Waals surface area contributed by atoms with E-state index in [4.69, 9.17) is 0 Å². The number of rotatable bonds is 6. The molecule has 0 aromatic heterocycles. The maximum absolute atomic E-state index is 12.2. The summed E-state index contributed by atoms with van der Waals surface area (Å²) in [6.45, 7) is 5.04. The highest BCUT2D eigenvalue weighted by molar-refractivity contribution is 8.00. The Morgan fingerprint density at radius 1 is 1.21 bits per heavy atom. The number of piperidine rings is 1. The van der Waals surface area contributed by atoms with Gasteiger partial charge in [0.25, 0.3) is 0 Å². The van der Waals surface area contributed by atoms with Crippen molar-refractivity contribution in [1.82, 2.24) is 15.5 Å². The predicted molar refractivity (Wildman–Crippen MR) is 102 cm³/mol. The van der Waals surface area contributed by atoms with Gasteiger partial charge >= 0.3 is 0 Å². The highest BCUT2D eigenvalue weighted by atomic mass is 32.2. The Morgan fingerprint density at radius 3 is 2.58 bits per heavy atom. The second kappa shape index (κ2) is 10.2. The third kappa shape index (κ3) is 6.43. The Labute approximate surface area is 149 Å². The molecule has 132 valence electrons. The molecule has 0 aliphatic carbocycles. The lowest BCUT2D eigenvalue weighted by molar-refractivity contribution is -0.130. The number of guanidine groups is 1. The van der Waals surface area contributed by atoms with Crippen LogP contribution in [0.1, 0.15) is 26.2 Å². The Hall–Kier alpha value is -1.69. The molecule has 1 fully saturated rings. The van der Waals surface area contributed by atoms with Crippen molar-refractivity contribution in [1.29, 1.82) is 0 Å². The molecule has 2 N–H and O–H groups in total. The van der Waals surface area contributed by atoms with Crippen molar-refractivity contribution in [3.63, 3.8) is 0 Å². The fourth-order valence-electron chi connectivity index (χ4n) is 2.65. The van der Waals surface area contributed by atoms with E-state index in [2.05, 4.69) is 46.8 Å². The number of hydrogen-bond donors (Lipinski definition) is 2. The Bertz CT molecular complexity index is 529. The van der Waals surface area contributed by atoms with Crippen LogP contribution in [0.5, 0.6) is 0 Å². The van der Waals surface area contributed by atoms with Gasteiger partial charge in [-0.1, -0.05) is 25.1 Å². The highest BCUT2D eigenvalue weighted by Crippen LogP contribution is 2.21. The van der Waals surface area contributed by atoms with Gasteiger partial charge in [0.1, 0.15) is 0 Å². The number of nitrogens with one attached hydrogen (secondary N) is 2. The van der Waals surface area contributed by atoms with E-state index in [9.17, 15) is 4.79 Å². The molecule has 6 heteroatoms. The van der Waals surface area contributed by atoms with Crippen molar-refractivity contribution in [2.75, 3.05) is 33.2 Å². The van der Waals surface area contributed by atoms with Crippen molar-refractivity contribution in [3.05, 3.63) is 30.3 Å². The van der Waals surface area contributed by atoms with Gasteiger partial charge in [0, 0.05) is 36.8 Å². The molecule has 24 heavy (non-hydrogen) atoms. The maximum atomic E-state index is 12.2. The topological polar surface area (TPSA) is 56.7 Å². The molecule has 1 aliphatic heterocycles. The Kier molecular flexibility index (Phi) is 7.95. The zero-order valence-electron chi connectivity index (χ0n) is 14.6. The summed E-state index contributed by atoms with van der Waals surface area (Å²) in [6, 6.07) is 10.4. The Balaban J connectivity index is 1.69. The van der Waals surface area contributed by atoms with Crippen LogP contribution in [0.2, 0.25) is 0 Å². The predicted octanol–water partition coefficient (Wildman–Crippen LogP) is 2.34. The van der Waals surface area contributed by atoms with E-state index in [0.717, 1.165) is 32.5 Å². The van der Waals surface area contributed by atoms with Gasteiger partial charge in [0.2, 0.25) is 5.91 Å². The SMILES string of the molecule is CN=C(NCC(=O)N1CCCCC1)NCC(C)Sc1ccccc1. The molecule has 1 aromatic carbocycles. The fourth-order valence-corrected chi connectivity index (χ4v) is 3.59. The van der Waals surface area contributed by atoms with Gasteiger partial charge in [-0.05, 0) is 31.4 Å². The summed E-state index contributed by atoms with van der Waals surface area (Å²) in [6.07, 6.45) is 3.47. The molecule has 1 aliphatic rings. The molecule has 5 nitrogen and oxygen atoms in total. The third-order valence-corrected chi connectivity index (χ3v) is 5.09. The number of amides is 1. The number of carbonyl (C=O) groups is 1. The summed E-state index contributed by atoms with van der Waals surface area (Å²) in [5.41, 5.74) is 0. The third-order valence-electron chi connectivity index (χ3n) is 3.98. The zero-order chi connectivity index (χ0) is 17.2. The van der Waals surface area contributed by atoms with Crippen molar-refractivity contribution >= 4 is 23.6 Å². The normalized spacial score (nSPS) is 16.6. The van der Waals surface area contributed by atoms with Gasteiger partial charge in [-0.15, -0.1) is 11.8 Å². The van der Waals surface area contributed by atoms with Gasteiger partial charge in [0.15, 0.2) is 5.96 Å². The number of benzene rings is 1. The molecule has 0 bridgehead atoms. The van der Waals surface area contributed by atoms with Gasteiger partial charge in [-0.2, -0.15) is 0 Å². The summed E-state index contributed by atoms with van der Waals surface area (Å²) in [5.74, 6) is 0.838. The standard InChI is InChI=1S/C18H28N4OS/c1-15(24-16-9-5-3-6-10-16)13-20-18(19-2)21-14-17(23)22-11-7-4-8-12-22/h3,5-6,9-10,15H,4,7-8,11-14H2,1-2H3,(H2,19,20,21). The summed E-state index contributed by atoms with van der Waals surface area (Å²) >= 11 is 1.82. The molecule has 2 rings (SSSR count). The summed E-state index contributed by atoms with van der Waals surface area (Å²) in [7, 11) is 1.73. The van der Waals surface area contributed by atoms with E-state index in [0.29, 0.717) is 17.8 Å². The van der Waals surface area contributed by atoms with E-state index in [1.807, 2.05) is 22.7 Å². The Morgan fingerprint density at radius 2 is 1.92 bits per heavy atom. The second-order valence-electron chi connectivity index (χ2n) is 5.99. The van der Waals surface area contributed by atoms with Crippen LogP contribution in [-0.2, 0) is 4.79 Å². The first kappa shape index (κ1) is 18.6. The fraction of sp³-hybridized carbons (Fsp3) is 0.556. The first-order chi connectivity index (χ1) is 11.7. The molecular weight excluding hydrogens is 320 g/mol. The first-order valence-electron chi connectivity index (χ1n) is 8.63. The van der Waals surface area contributed by atoms with E-state index >= 15 is 0 Å². The number of carbonyl (C=O) groups excluding carboxylic acids is 1. The molecule has 1 heterocycles. The summed E-state index contributed by atoms with van der Waals surface area (Å²) < 4.78 is 0. The summed E-state index contributed by atoms with van der Waals surface area (Å²) in [4.78, 5) is 19.6. The zero-order valence-corrected chi connectivity index (χ0v) is 15.4. The largest absolute Gasteiger partial charge is 0.355 e. The van der Waals surface area contributed by atoms with Crippen LogP contribution >= 0.6 is 11.8 Å². The quantitative estimate of drug-likeness (QED) is 0.471. The monoisotopic (exact) mass is 348 g/mol. The molecule has 1 aromatic rings. The molecule has 1 atom stereocenters. The van der Waals surface area contributed by atoms with Crippen molar-refractivity contribution < 1.29 is 4.79 Å². The average molecular weight is 349 g/mol. The molecule has 1 saturated heterocycles. The van der Waals surface area contributed by atoms with Crippen LogP contribution in [0, 0.1) is 0 Å². The number of nitrogens with zero attached hydrogens (tertiary/aromatic N) is 2. The van der Waals surface area contributed by atoms with Crippen LogP contribution in [0.25, 0.3) is 0 Å². The van der Waals surface area contributed by atoms with Crippen LogP contribution in [-0.4, -0.2) is 55.2 Å². The lowest BCUT2D eigenvalue weighted by atomic mass is 10.1. The van der Waals surface area contributed by atoms with Crippen molar-refractivity contribution in [2.24, 2.45) is 4.99 Å². The minimum Gasteiger partial charge on any atom is -0.355 e. The lowest BCUT2D eigenvalue weighted by Crippen LogP contribution is -2.46. The highest BCUT2D eigenvalue weighted by Gasteiger charge is 2.16. The first-order valence-corrected chi connectivity index (χ1v) is 9.51. The van der Waals surface area contributed by atoms with Gasteiger partial charge in [0.05, 0.1) is 6.54 Å². The maximum Gasteiger partial charge on any atom is 0.241 e. The lowest BCUT2D eigenvalue weighted by Gasteiger charge is -2.27. The summed E-state index contributed by atoms with van der Waals surface area (Å²) in [5, 5.41) is 6.83. The second-order valence-corrected chi connectivity index (χ2v) is 7.50. The van der Waals surface area contributed by atoms with Crippen LogP contribution in [0.4, 0.5) is 0 Å². The number of likely N-dealkylation sites (tertiary alicyclic amines) is 1. The minimum atomic E-state index is 0.157. The molecule has 0 radical (unpaired) electrons. The smallest absolute Gasteiger partial charge is 0.241 e. The van der Waals surface area contributed by atoms with Crippen LogP contribution in [0.3, 0.4) is 0 Å². The van der Waals surface area contributed by atoms with Gasteiger partial charge < -0.3 is 15.5 Å². The van der Waals surface area contributed by atoms with Crippen molar-refractivity contribution in [3.8, 4) is 0 Å². The average Bonchev–Trinajstić information content (AvgIpc) is 2.63. The van der Waals surface area contributed by atoms with Gasteiger partial charge in [-0.25, -0.2) is 0 Å². The van der Waals surface area contributed by atoms with E-state index in [1.165, 1.54) is 11.3 Å². The number of hydrogen-bond acceptors (Lipinski definition) is 3. The number of aliphatic imine (C=N–C) groups is 1.